The van der Waals surface area contributed by atoms with E-state index in [1.165, 1.54) is 0 Å². The zero-order chi connectivity index (χ0) is 10.1. The fourth-order valence-corrected chi connectivity index (χ4v) is 1.37. The van der Waals surface area contributed by atoms with Crippen molar-refractivity contribution in [3.05, 3.63) is 30.1 Å². The number of rotatable bonds is 2. The minimum Gasteiger partial charge on any atom is -0.481 e. The molecule has 2 rings (SSSR count). The van der Waals surface area contributed by atoms with Crippen molar-refractivity contribution in [1.29, 1.82) is 0 Å². The topological polar surface area (TPSA) is 66.0 Å². The normalized spacial score (nSPS) is 12.9. The van der Waals surface area contributed by atoms with Crippen LogP contribution < -0.4 is 0 Å². The molecule has 1 aromatic carbocycles. The van der Waals surface area contributed by atoms with Crippen molar-refractivity contribution in [2.45, 2.75) is 12.8 Å². The Labute approximate surface area is 80.6 Å². The van der Waals surface area contributed by atoms with Crippen LogP contribution >= 0.6 is 0 Å². The highest BCUT2D eigenvalue weighted by Gasteiger charge is 2.13. The van der Waals surface area contributed by atoms with Gasteiger partial charge >= 0.3 is 5.97 Å². The van der Waals surface area contributed by atoms with Gasteiger partial charge in [-0.25, -0.2) is 4.98 Å². The van der Waals surface area contributed by atoms with Gasteiger partial charge in [0.1, 0.15) is 0 Å². The van der Waals surface area contributed by atoms with E-state index in [0.717, 1.165) is 16.6 Å². The van der Waals surface area contributed by atoms with Gasteiger partial charge in [-0.3, -0.25) is 4.79 Å². The van der Waals surface area contributed by atoms with Crippen LogP contribution in [0.15, 0.2) is 24.5 Å². The number of H-pyrrole nitrogens is 1. The zero-order valence-electron chi connectivity index (χ0n) is 7.69. The third-order valence-corrected chi connectivity index (χ3v) is 2.31. The molecule has 0 aliphatic rings. The van der Waals surface area contributed by atoms with E-state index in [0.29, 0.717) is 0 Å². The number of aromatic amines is 1. The molecule has 2 N–H and O–H groups in total. The first-order chi connectivity index (χ1) is 6.68. The van der Waals surface area contributed by atoms with Gasteiger partial charge in [-0.15, -0.1) is 0 Å². The van der Waals surface area contributed by atoms with E-state index in [-0.39, 0.29) is 0 Å². The molecule has 4 nitrogen and oxygen atoms in total. The molecule has 0 amide bonds. The SMILES string of the molecule is C[C@H](C(=O)O)c1ccc2nc[nH]c2c1. The summed E-state index contributed by atoms with van der Waals surface area (Å²) in [6.07, 6.45) is 1.60. The van der Waals surface area contributed by atoms with Gasteiger partial charge in [-0.2, -0.15) is 0 Å². The number of nitrogens with one attached hydrogen (secondary N) is 1. The zero-order valence-corrected chi connectivity index (χ0v) is 7.69. The first kappa shape index (κ1) is 8.74. The minimum absolute atomic E-state index is 0.484. The summed E-state index contributed by atoms with van der Waals surface area (Å²) >= 11 is 0. The Kier molecular flexibility index (Phi) is 1.96. The number of carboxylic acid groups (broad SMARTS) is 1. The van der Waals surface area contributed by atoms with Gasteiger partial charge < -0.3 is 10.1 Å². The summed E-state index contributed by atoms with van der Waals surface area (Å²) in [6.45, 7) is 1.67. The summed E-state index contributed by atoms with van der Waals surface area (Å²) in [5.74, 6) is -1.30. The van der Waals surface area contributed by atoms with Crippen LogP contribution in [-0.4, -0.2) is 21.0 Å². The van der Waals surface area contributed by atoms with E-state index in [1.807, 2.05) is 12.1 Å². The monoisotopic (exact) mass is 190 g/mol. The highest BCUT2D eigenvalue weighted by atomic mass is 16.4. The average Bonchev–Trinajstić information content (AvgIpc) is 2.62. The van der Waals surface area contributed by atoms with Gasteiger partial charge in [0, 0.05) is 0 Å². The molecule has 2 aromatic rings. The molecular weight excluding hydrogens is 180 g/mol. The van der Waals surface area contributed by atoms with Crippen LogP contribution in [0, 0.1) is 0 Å². The second-order valence-corrected chi connectivity index (χ2v) is 3.24. The number of fused-ring (bicyclic) bond motifs is 1. The summed E-state index contributed by atoms with van der Waals surface area (Å²) in [7, 11) is 0. The second kappa shape index (κ2) is 3.14. The first-order valence-corrected chi connectivity index (χ1v) is 4.34. The molecule has 0 fully saturated rings. The number of hydrogen-bond donors (Lipinski definition) is 2. The van der Waals surface area contributed by atoms with Gasteiger partial charge in [0.2, 0.25) is 0 Å². The summed E-state index contributed by atoms with van der Waals surface area (Å²) in [5, 5.41) is 8.83. The van der Waals surface area contributed by atoms with Crippen molar-refractivity contribution in [2.24, 2.45) is 0 Å². The van der Waals surface area contributed by atoms with E-state index in [1.54, 1.807) is 19.3 Å². The van der Waals surface area contributed by atoms with Crippen LogP contribution in [0.3, 0.4) is 0 Å². The summed E-state index contributed by atoms with van der Waals surface area (Å²) < 4.78 is 0. The molecule has 0 aliphatic carbocycles. The van der Waals surface area contributed by atoms with Crippen molar-refractivity contribution in [3.8, 4) is 0 Å². The third-order valence-electron chi connectivity index (χ3n) is 2.31. The predicted octanol–water partition coefficient (Wildman–Crippen LogP) is 1.75. The van der Waals surface area contributed by atoms with E-state index in [2.05, 4.69) is 9.97 Å². The number of aromatic nitrogens is 2. The third kappa shape index (κ3) is 1.35. The molecule has 0 saturated heterocycles. The Balaban J connectivity index is 2.48. The van der Waals surface area contributed by atoms with Crippen molar-refractivity contribution >= 4 is 17.0 Å². The molecule has 72 valence electrons. The van der Waals surface area contributed by atoms with E-state index >= 15 is 0 Å². The molecule has 0 spiro atoms. The average molecular weight is 190 g/mol. The Hall–Kier alpha value is -1.84. The van der Waals surface area contributed by atoms with Crippen LogP contribution in [0.1, 0.15) is 18.4 Å². The van der Waals surface area contributed by atoms with Crippen molar-refractivity contribution in [3.63, 3.8) is 0 Å². The van der Waals surface area contributed by atoms with Crippen LogP contribution in [0.25, 0.3) is 11.0 Å². The fraction of sp³-hybridized carbons (Fsp3) is 0.200. The fourth-order valence-electron chi connectivity index (χ4n) is 1.37. The van der Waals surface area contributed by atoms with E-state index in [4.69, 9.17) is 5.11 Å². The largest absolute Gasteiger partial charge is 0.481 e. The van der Waals surface area contributed by atoms with Gasteiger partial charge in [0.15, 0.2) is 0 Å². The summed E-state index contributed by atoms with van der Waals surface area (Å²) in [6, 6.07) is 5.43. The van der Waals surface area contributed by atoms with Crippen LogP contribution in [0.5, 0.6) is 0 Å². The molecular formula is C10H10N2O2. The van der Waals surface area contributed by atoms with Crippen molar-refractivity contribution in [2.75, 3.05) is 0 Å². The van der Waals surface area contributed by atoms with Crippen molar-refractivity contribution in [1.82, 2.24) is 9.97 Å². The number of carboxylic acids is 1. The predicted molar refractivity (Wildman–Crippen MR) is 52.1 cm³/mol. The van der Waals surface area contributed by atoms with Gasteiger partial charge in [0.25, 0.3) is 0 Å². The lowest BCUT2D eigenvalue weighted by molar-refractivity contribution is -0.138. The lowest BCUT2D eigenvalue weighted by Crippen LogP contribution is -2.06. The Bertz CT molecular complexity index is 476. The lowest BCUT2D eigenvalue weighted by atomic mass is 10.0. The van der Waals surface area contributed by atoms with Gasteiger partial charge in [-0.1, -0.05) is 6.07 Å². The molecule has 1 aromatic heterocycles. The van der Waals surface area contributed by atoms with Crippen LogP contribution in [-0.2, 0) is 4.79 Å². The molecule has 1 atom stereocenters. The molecule has 0 unspecified atom stereocenters. The molecule has 0 bridgehead atoms. The number of nitrogens with zero attached hydrogens (tertiary/aromatic N) is 1. The quantitative estimate of drug-likeness (QED) is 0.758. The lowest BCUT2D eigenvalue weighted by Gasteiger charge is -2.05. The molecule has 4 heteroatoms. The number of hydrogen-bond acceptors (Lipinski definition) is 2. The Morgan fingerprint density at radius 2 is 2.36 bits per heavy atom. The standard InChI is InChI=1S/C10H10N2O2/c1-6(10(13)14)7-2-3-8-9(4-7)12-5-11-8/h2-6H,1H3,(H,11,12)(H,13,14)/t6-/m0/s1. The van der Waals surface area contributed by atoms with Crippen molar-refractivity contribution < 1.29 is 9.90 Å². The molecule has 1 heterocycles. The minimum atomic E-state index is -0.816. The van der Waals surface area contributed by atoms with E-state index < -0.39 is 11.9 Å². The molecule has 0 aliphatic heterocycles. The number of benzene rings is 1. The number of aliphatic carboxylic acids is 1. The summed E-state index contributed by atoms with van der Waals surface area (Å²) in [4.78, 5) is 17.8. The molecule has 0 radical (unpaired) electrons. The van der Waals surface area contributed by atoms with Crippen LogP contribution in [0.4, 0.5) is 0 Å². The second-order valence-electron chi connectivity index (χ2n) is 3.24. The number of carbonyl (C=O) groups is 1. The van der Waals surface area contributed by atoms with Crippen LogP contribution in [0.2, 0.25) is 0 Å². The maximum Gasteiger partial charge on any atom is 0.310 e. The first-order valence-electron chi connectivity index (χ1n) is 4.34. The highest BCUT2D eigenvalue weighted by Crippen LogP contribution is 2.19. The van der Waals surface area contributed by atoms with Gasteiger partial charge in [0.05, 0.1) is 23.3 Å². The Morgan fingerprint density at radius 1 is 1.57 bits per heavy atom. The highest BCUT2D eigenvalue weighted by molar-refractivity contribution is 5.80. The number of imidazole rings is 1. The maximum atomic E-state index is 10.7. The van der Waals surface area contributed by atoms with E-state index in [9.17, 15) is 4.79 Å². The van der Waals surface area contributed by atoms with Gasteiger partial charge in [-0.05, 0) is 24.6 Å². The summed E-state index contributed by atoms with van der Waals surface area (Å²) in [5.41, 5.74) is 2.51. The maximum absolute atomic E-state index is 10.7. The smallest absolute Gasteiger partial charge is 0.310 e. The molecule has 0 saturated carbocycles. The molecule has 14 heavy (non-hydrogen) atoms. The Morgan fingerprint density at radius 3 is 3.07 bits per heavy atom.